The number of pyridine rings is 1. The van der Waals surface area contributed by atoms with Crippen LogP contribution in [-0.2, 0) is 0 Å². The third-order valence-electron chi connectivity index (χ3n) is 2.90. The van der Waals surface area contributed by atoms with Crippen molar-refractivity contribution in [1.29, 1.82) is 5.41 Å². The molecule has 0 amide bonds. The van der Waals surface area contributed by atoms with Gasteiger partial charge in [0.15, 0.2) is 0 Å². The number of nitrogens with one attached hydrogen (secondary N) is 1. The van der Waals surface area contributed by atoms with Crippen molar-refractivity contribution < 1.29 is 0 Å². The van der Waals surface area contributed by atoms with Gasteiger partial charge >= 0.3 is 0 Å². The van der Waals surface area contributed by atoms with Gasteiger partial charge in [-0.05, 0) is 49.1 Å². The fraction of sp³-hybridized carbons (Fsp3) is 0.200. The highest BCUT2D eigenvalue weighted by molar-refractivity contribution is 5.88. The van der Waals surface area contributed by atoms with Gasteiger partial charge in [-0.2, -0.15) is 0 Å². The van der Waals surface area contributed by atoms with Gasteiger partial charge in [0.2, 0.25) is 0 Å². The summed E-state index contributed by atoms with van der Waals surface area (Å²) in [4.78, 5) is 4.49. The first-order valence-corrected chi connectivity index (χ1v) is 5.66. The van der Waals surface area contributed by atoms with E-state index in [1.165, 1.54) is 22.7 Å². The minimum Gasteiger partial charge on any atom is -0.308 e. The summed E-state index contributed by atoms with van der Waals surface area (Å²) in [5.74, 6) is 0. The lowest BCUT2D eigenvalue weighted by molar-refractivity contribution is 1.30. The van der Waals surface area contributed by atoms with E-state index in [1.807, 2.05) is 19.2 Å². The molecule has 0 spiro atoms. The molecule has 1 N–H and O–H groups in total. The second-order valence-electron chi connectivity index (χ2n) is 4.40. The van der Waals surface area contributed by atoms with Crippen LogP contribution in [0.4, 0.5) is 0 Å². The van der Waals surface area contributed by atoms with E-state index in [4.69, 9.17) is 5.41 Å². The van der Waals surface area contributed by atoms with Crippen molar-refractivity contribution >= 4 is 23.2 Å². The molecule has 0 atom stereocenters. The van der Waals surface area contributed by atoms with Gasteiger partial charge in [0, 0.05) is 17.8 Å². The smallest absolute Gasteiger partial charge is 0.0737 e. The van der Waals surface area contributed by atoms with E-state index in [0.717, 1.165) is 16.7 Å². The Hall–Kier alpha value is -1.96. The molecule has 0 aliphatic carbocycles. The molecule has 0 aliphatic rings. The second kappa shape index (κ2) is 4.50. The van der Waals surface area contributed by atoms with Crippen molar-refractivity contribution in [2.45, 2.75) is 20.8 Å². The van der Waals surface area contributed by atoms with Gasteiger partial charge in [-0.3, -0.25) is 4.98 Å². The molecule has 0 saturated heterocycles. The zero-order chi connectivity index (χ0) is 12.4. The maximum Gasteiger partial charge on any atom is 0.0737 e. The van der Waals surface area contributed by atoms with Crippen LogP contribution in [-0.4, -0.2) is 11.2 Å². The molecule has 1 aromatic heterocycles. The van der Waals surface area contributed by atoms with E-state index in [1.54, 1.807) is 0 Å². The van der Waals surface area contributed by atoms with E-state index < -0.39 is 0 Å². The fourth-order valence-electron chi connectivity index (χ4n) is 1.92. The van der Waals surface area contributed by atoms with E-state index in [-0.39, 0.29) is 0 Å². The molecule has 0 unspecified atom stereocenters. The summed E-state index contributed by atoms with van der Waals surface area (Å²) in [5, 5.41) is 8.38. The van der Waals surface area contributed by atoms with Crippen LogP contribution < -0.4 is 0 Å². The highest BCUT2D eigenvalue weighted by atomic mass is 14.7. The molecule has 0 aliphatic heterocycles. The number of rotatable bonds is 2. The molecule has 86 valence electrons. The summed E-state index contributed by atoms with van der Waals surface area (Å²) < 4.78 is 0. The maximum atomic E-state index is 7.21. The number of benzene rings is 1. The number of hydrogen-bond donors (Lipinski definition) is 1. The zero-order valence-corrected chi connectivity index (χ0v) is 10.4. The Bertz CT molecular complexity index is 610. The van der Waals surface area contributed by atoms with Crippen LogP contribution in [0.1, 0.15) is 23.6 Å². The summed E-state index contributed by atoms with van der Waals surface area (Å²) in [6.07, 6.45) is 5.28. The zero-order valence-electron chi connectivity index (χ0n) is 10.4. The van der Waals surface area contributed by atoms with E-state index in [9.17, 15) is 0 Å². The van der Waals surface area contributed by atoms with Crippen molar-refractivity contribution in [3.63, 3.8) is 0 Å². The molecule has 0 bridgehead atoms. The van der Waals surface area contributed by atoms with Crippen molar-refractivity contribution in [3.05, 3.63) is 46.7 Å². The minimum absolute atomic E-state index is 0.944. The lowest BCUT2D eigenvalue weighted by Gasteiger charge is -2.06. The van der Waals surface area contributed by atoms with Gasteiger partial charge < -0.3 is 5.41 Å². The summed E-state index contributed by atoms with van der Waals surface area (Å²) in [7, 11) is 0. The Morgan fingerprint density at radius 2 is 2.06 bits per heavy atom. The Kier molecular flexibility index (Phi) is 3.05. The van der Waals surface area contributed by atoms with Crippen LogP contribution >= 0.6 is 0 Å². The number of aryl methyl sites for hydroxylation is 2. The number of hydrogen-bond acceptors (Lipinski definition) is 2. The van der Waals surface area contributed by atoms with E-state index >= 15 is 0 Å². The monoisotopic (exact) mass is 224 g/mol. The predicted molar refractivity (Wildman–Crippen MR) is 73.7 cm³/mol. The maximum absolute atomic E-state index is 7.21. The van der Waals surface area contributed by atoms with Gasteiger partial charge in [0.25, 0.3) is 0 Å². The number of allylic oxidation sites excluding steroid dienone is 1. The number of fused-ring (bicyclic) bond motifs is 1. The van der Waals surface area contributed by atoms with Crippen LogP contribution in [0.2, 0.25) is 0 Å². The molecule has 2 heteroatoms. The molecular weight excluding hydrogens is 208 g/mol. The Labute approximate surface area is 102 Å². The van der Waals surface area contributed by atoms with Gasteiger partial charge in [0.1, 0.15) is 0 Å². The largest absolute Gasteiger partial charge is 0.308 e. The first-order chi connectivity index (χ1) is 8.11. The molecule has 2 rings (SSSR count). The van der Waals surface area contributed by atoms with Gasteiger partial charge in [0.05, 0.1) is 5.52 Å². The minimum atomic E-state index is 0.944. The summed E-state index contributed by atoms with van der Waals surface area (Å²) in [6.45, 7) is 6.06. The highest BCUT2D eigenvalue weighted by Crippen LogP contribution is 2.22. The number of nitrogens with zero attached hydrogens (tertiary/aromatic N) is 1. The summed E-state index contributed by atoms with van der Waals surface area (Å²) in [6, 6.07) is 6.32. The normalized spacial score (nSPS) is 11.8. The van der Waals surface area contributed by atoms with Crippen LogP contribution in [0.25, 0.3) is 17.0 Å². The molecular formula is C15H16N2. The summed E-state index contributed by atoms with van der Waals surface area (Å²) >= 11 is 0. The SMILES string of the molecule is C/C(C=N)=C/c1ccc2cc(C)cnc2c1C. The van der Waals surface area contributed by atoms with E-state index in [2.05, 4.69) is 37.0 Å². The van der Waals surface area contributed by atoms with Crippen molar-refractivity contribution in [2.24, 2.45) is 0 Å². The fourth-order valence-corrected chi connectivity index (χ4v) is 1.92. The lowest BCUT2D eigenvalue weighted by atomic mass is 10.0. The molecule has 0 saturated carbocycles. The van der Waals surface area contributed by atoms with Crippen LogP contribution in [0, 0.1) is 19.3 Å². The molecule has 1 heterocycles. The van der Waals surface area contributed by atoms with Crippen LogP contribution in [0.15, 0.2) is 30.0 Å². The molecule has 2 aromatic rings. The third kappa shape index (κ3) is 2.26. The first-order valence-electron chi connectivity index (χ1n) is 5.66. The molecule has 0 fully saturated rings. The van der Waals surface area contributed by atoms with Crippen molar-refractivity contribution in [3.8, 4) is 0 Å². The standard InChI is InChI=1S/C15H16N2/c1-10(8-16)6-13-4-5-14-7-11(2)9-17-15(14)12(13)3/h4-9,16H,1-3H3/b10-6-,16-8?. The quantitative estimate of drug-likeness (QED) is 0.771. The topological polar surface area (TPSA) is 36.7 Å². The van der Waals surface area contributed by atoms with E-state index in [0.29, 0.717) is 0 Å². The van der Waals surface area contributed by atoms with Gasteiger partial charge in [-0.25, -0.2) is 0 Å². The third-order valence-corrected chi connectivity index (χ3v) is 2.90. The van der Waals surface area contributed by atoms with Crippen molar-refractivity contribution in [1.82, 2.24) is 4.98 Å². The Balaban J connectivity index is 2.66. The lowest BCUT2D eigenvalue weighted by Crippen LogP contribution is -1.89. The molecule has 0 radical (unpaired) electrons. The van der Waals surface area contributed by atoms with Gasteiger partial charge in [-0.1, -0.05) is 18.2 Å². The van der Waals surface area contributed by atoms with Crippen LogP contribution in [0.3, 0.4) is 0 Å². The Morgan fingerprint density at radius 3 is 2.76 bits per heavy atom. The second-order valence-corrected chi connectivity index (χ2v) is 4.40. The summed E-state index contributed by atoms with van der Waals surface area (Å²) in [5.41, 5.74) is 5.47. The first kappa shape index (κ1) is 11.5. The molecule has 17 heavy (non-hydrogen) atoms. The average molecular weight is 224 g/mol. The van der Waals surface area contributed by atoms with Crippen molar-refractivity contribution in [2.75, 3.05) is 0 Å². The molecule has 1 aromatic carbocycles. The highest BCUT2D eigenvalue weighted by Gasteiger charge is 2.03. The number of aromatic nitrogens is 1. The molecule has 2 nitrogen and oxygen atoms in total. The van der Waals surface area contributed by atoms with Crippen LogP contribution in [0.5, 0.6) is 0 Å². The Morgan fingerprint density at radius 1 is 1.29 bits per heavy atom. The van der Waals surface area contributed by atoms with Gasteiger partial charge in [-0.15, -0.1) is 0 Å². The average Bonchev–Trinajstić information content (AvgIpc) is 2.32. The predicted octanol–water partition coefficient (Wildman–Crippen LogP) is 3.90.